The summed E-state index contributed by atoms with van der Waals surface area (Å²) in [7, 11) is 0. The molecule has 132 valence electrons. The lowest BCUT2D eigenvalue weighted by atomic mass is 10.1. The van der Waals surface area contributed by atoms with Crippen molar-refractivity contribution in [2.75, 3.05) is 26.2 Å². The second-order valence-corrected chi connectivity index (χ2v) is 5.78. The summed E-state index contributed by atoms with van der Waals surface area (Å²) in [4.78, 5) is 34.8. The highest BCUT2D eigenvalue weighted by atomic mass is 16.4. The van der Waals surface area contributed by atoms with Gasteiger partial charge in [0.15, 0.2) is 0 Å². The van der Waals surface area contributed by atoms with Gasteiger partial charge in [-0.15, -0.1) is 0 Å². The van der Waals surface area contributed by atoms with E-state index in [1.807, 2.05) is 35.2 Å². The molecule has 0 aliphatic carbocycles. The van der Waals surface area contributed by atoms with Crippen LogP contribution in [0.25, 0.3) is 0 Å². The maximum absolute atomic E-state index is 12.2. The van der Waals surface area contributed by atoms with E-state index in [-0.39, 0.29) is 5.91 Å². The Hall–Kier alpha value is -2.41. The molecule has 1 fully saturated rings. The number of carbonyl (C=O) groups is 3. The minimum atomic E-state index is -1.82. The summed E-state index contributed by atoms with van der Waals surface area (Å²) >= 11 is 0. The van der Waals surface area contributed by atoms with Gasteiger partial charge in [0.25, 0.3) is 0 Å². The summed E-state index contributed by atoms with van der Waals surface area (Å²) in [5.74, 6) is -3.39. The second-order valence-electron chi connectivity index (χ2n) is 5.78. The van der Waals surface area contributed by atoms with Crippen LogP contribution in [0.2, 0.25) is 0 Å². The van der Waals surface area contributed by atoms with Crippen molar-refractivity contribution in [3.05, 3.63) is 35.9 Å². The third-order valence-electron chi connectivity index (χ3n) is 3.78. The Morgan fingerprint density at radius 3 is 1.88 bits per heavy atom. The summed E-state index contributed by atoms with van der Waals surface area (Å²) in [5.41, 5.74) is 1.11. The van der Waals surface area contributed by atoms with E-state index in [0.29, 0.717) is 12.5 Å². The lowest BCUT2D eigenvalue weighted by Gasteiger charge is -2.37. The van der Waals surface area contributed by atoms with Gasteiger partial charge in [-0.05, 0) is 19.4 Å². The van der Waals surface area contributed by atoms with E-state index in [9.17, 15) is 4.79 Å². The molecule has 0 radical (unpaired) electrons. The Bertz CT molecular complexity index is 539. The van der Waals surface area contributed by atoms with Gasteiger partial charge in [0.2, 0.25) is 5.91 Å². The number of amides is 1. The number of carbonyl (C=O) groups excluding carboxylic acids is 1. The Labute approximate surface area is 141 Å². The molecule has 0 bridgehead atoms. The smallest absolute Gasteiger partial charge is 0.414 e. The van der Waals surface area contributed by atoms with Gasteiger partial charge in [-0.2, -0.15) is 0 Å². The molecular formula is C17H24N2O5. The summed E-state index contributed by atoms with van der Waals surface area (Å²) < 4.78 is 0. The number of piperazine rings is 1. The molecule has 7 nitrogen and oxygen atoms in total. The van der Waals surface area contributed by atoms with Crippen molar-refractivity contribution in [3.8, 4) is 0 Å². The van der Waals surface area contributed by atoms with Crippen molar-refractivity contribution in [3.63, 3.8) is 0 Å². The van der Waals surface area contributed by atoms with Crippen LogP contribution in [-0.4, -0.2) is 70.1 Å². The predicted molar refractivity (Wildman–Crippen MR) is 88.7 cm³/mol. The van der Waals surface area contributed by atoms with E-state index >= 15 is 0 Å². The average Bonchev–Trinajstić information content (AvgIpc) is 2.56. The van der Waals surface area contributed by atoms with Crippen molar-refractivity contribution in [2.24, 2.45) is 0 Å². The van der Waals surface area contributed by atoms with Crippen LogP contribution in [0, 0.1) is 0 Å². The summed E-state index contributed by atoms with van der Waals surface area (Å²) in [6.07, 6.45) is 0.530. The van der Waals surface area contributed by atoms with E-state index in [1.165, 1.54) is 0 Å². The van der Waals surface area contributed by atoms with Crippen LogP contribution in [0.3, 0.4) is 0 Å². The van der Waals surface area contributed by atoms with Crippen molar-refractivity contribution < 1.29 is 24.6 Å². The fraction of sp³-hybridized carbons (Fsp3) is 0.471. The molecule has 7 heteroatoms. The number of benzene rings is 1. The van der Waals surface area contributed by atoms with Crippen LogP contribution in [0.4, 0.5) is 0 Å². The molecule has 1 aromatic carbocycles. The van der Waals surface area contributed by atoms with Crippen molar-refractivity contribution in [1.29, 1.82) is 0 Å². The molecule has 0 atom stereocenters. The monoisotopic (exact) mass is 336 g/mol. The first kappa shape index (κ1) is 19.6. The largest absolute Gasteiger partial charge is 0.473 e. The van der Waals surface area contributed by atoms with Gasteiger partial charge in [0, 0.05) is 32.2 Å². The third-order valence-corrected chi connectivity index (χ3v) is 3.78. The van der Waals surface area contributed by atoms with E-state index in [1.54, 1.807) is 0 Å². The molecule has 2 rings (SSSR count). The van der Waals surface area contributed by atoms with Gasteiger partial charge in [0.1, 0.15) is 0 Å². The molecule has 0 saturated carbocycles. The zero-order valence-electron chi connectivity index (χ0n) is 14.0. The Morgan fingerprint density at radius 1 is 0.958 bits per heavy atom. The second kappa shape index (κ2) is 9.67. The van der Waals surface area contributed by atoms with E-state index in [4.69, 9.17) is 19.8 Å². The number of nitrogens with zero attached hydrogens (tertiary/aromatic N) is 2. The number of hydrogen-bond donors (Lipinski definition) is 2. The van der Waals surface area contributed by atoms with E-state index < -0.39 is 11.9 Å². The standard InChI is InChI=1S/C15H22N2O.C2H2O4/c1-13(2)16-8-10-17(11-9-16)15(18)12-14-6-4-3-5-7-14;3-1(4)2(5)6/h3-7,13H,8-12H2,1-2H3;(H,3,4)(H,5,6). The molecule has 1 saturated heterocycles. The van der Waals surface area contributed by atoms with Gasteiger partial charge in [0.05, 0.1) is 6.42 Å². The molecule has 1 heterocycles. The van der Waals surface area contributed by atoms with Gasteiger partial charge in [-0.1, -0.05) is 30.3 Å². The van der Waals surface area contributed by atoms with Crippen molar-refractivity contribution in [1.82, 2.24) is 9.80 Å². The summed E-state index contributed by atoms with van der Waals surface area (Å²) in [5, 5.41) is 14.8. The number of hydrogen-bond acceptors (Lipinski definition) is 4. The summed E-state index contributed by atoms with van der Waals surface area (Å²) in [6.45, 7) is 8.15. The Morgan fingerprint density at radius 2 is 1.46 bits per heavy atom. The van der Waals surface area contributed by atoms with Crippen LogP contribution in [0.5, 0.6) is 0 Å². The van der Waals surface area contributed by atoms with E-state index in [2.05, 4.69) is 18.7 Å². The Kier molecular flexibility index (Phi) is 7.91. The van der Waals surface area contributed by atoms with Crippen molar-refractivity contribution in [2.45, 2.75) is 26.3 Å². The Balaban J connectivity index is 0.000000413. The number of rotatable bonds is 3. The highest BCUT2D eigenvalue weighted by Crippen LogP contribution is 2.08. The van der Waals surface area contributed by atoms with Crippen LogP contribution >= 0.6 is 0 Å². The molecule has 1 aliphatic rings. The minimum absolute atomic E-state index is 0.254. The van der Waals surface area contributed by atoms with Gasteiger partial charge in [-0.25, -0.2) is 9.59 Å². The first-order chi connectivity index (χ1) is 11.3. The van der Waals surface area contributed by atoms with Gasteiger partial charge in [-0.3, -0.25) is 9.69 Å². The fourth-order valence-corrected chi connectivity index (χ4v) is 2.37. The molecule has 1 aliphatic heterocycles. The maximum Gasteiger partial charge on any atom is 0.414 e. The summed E-state index contributed by atoms with van der Waals surface area (Å²) in [6, 6.07) is 10.6. The molecule has 24 heavy (non-hydrogen) atoms. The molecule has 1 aromatic rings. The maximum atomic E-state index is 12.2. The third kappa shape index (κ3) is 6.78. The average molecular weight is 336 g/mol. The highest BCUT2D eigenvalue weighted by Gasteiger charge is 2.22. The molecule has 1 amide bonds. The lowest BCUT2D eigenvalue weighted by molar-refractivity contribution is -0.159. The fourth-order valence-electron chi connectivity index (χ4n) is 2.37. The number of aliphatic carboxylic acids is 2. The SMILES string of the molecule is CC(C)N1CCN(C(=O)Cc2ccccc2)CC1.O=C(O)C(=O)O. The number of carboxylic acid groups (broad SMARTS) is 2. The molecular weight excluding hydrogens is 312 g/mol. The van der Waals surface area contributed by atoms with Crippen LogP contribution < -0.4 is 0 Å². The molecule has 0 spiro atoms. The normalized spacial score (nSPS) is 14.7. The predicted octanol–water partition coefficient (Wildman–Crippen LogP) is 0.937. The zero-order valence-corrected chi connectivity index (χ0v) is 14.0. The van der Waals surface area contributed by atoms with Crippen LogP contribution in [0.1, 0.15) is 19.4 Å². The number of carboxylic acids is 2. The molecule has 0 aromatic heterocycles. The van der Waals surface area contributed by atoms with Crippen LogP contribution in [-0.2, 0) is 20.8 Å². The van der Waals surface area contributed by atoms with Gasteiger partial charge >= 0.3 is 11.9 Å². The minimum Gasteiger partial charge on any atom is -0.473 e. The topological polar surface area (TPSA) is 98.2 Å². The van der Waals surface area contributed by atoms with Gasteiger partial charge < -0.3 is 15.1 Å². The van der Waals surface area contributed by atoms with E-state index in [0.717, 1.165) is 31.7 Å². The van der Waals surface area contributed by atoms with Crippen molar-refractivity contribution >= 4 is 17.8 Å². The lowest BCUT2D eigenvalue weighted by Crippen LogP contribution is -2.51. The first-order valence-corrected chi connectivity index (χ1v) is 7.83. The highest BCUT2D eigenvalue weighted by molar-refractivity contribution is 6.27. The van der Waals surface area contributed by atoms with Crippen LogP contribution in [0.15, 0.2) is 30.3 Å². The molecule has 0 unspecified atom stereocenters. The quantitative estimate of drug-likeness (QED) is 0.797. The zero-order chi connectivity index (χ0) is 18.1. The molecule has 2 N–H and O–H groups in total. The first-order valence-electron chi connectivity index (χ1n) is 7.83.